The average molecular weight is 507 g/mol. The van der Waals surface area contributed by atoms with Crippen LogP contribution in [0.2, 0.25) is 0 Å². The summed E-state index contributed by atoms with van der Waals surface area (Å²) in [4.78, 5) is 0. The third-order valence-electron chi connectivity index (χ3n) is 4.50. The first-order valence-electron chi connectivity index (χ1n) is 9.12. The van der Waals surface area contributed by atoms with Gasteiger partial charge in [-0.15, -0.1) is 0 Å². The van der Waals surface area contributed by atoms with Crippen LogP contribution in [0, 0.1) is 0 Å². The fourth-order valence-electron chi connectivity index (χ4n) is 3.02. The molecule has 6 N–H and O–H groups in total. The number of hydrogen-bond donors (Lipinski definition) is 2. The number of nitrogens with zero attached hydrogens (tertiary/aromatic N) is 2. The second-order valence-corrected chi connectivity index (χ2v) is 6.95. The monoisotopic (exact) mass is 507 g/mol. The van der Waals surface area contributed by atoms with Gasteiger partial charge in [-0.1, -0.05) is 72.2 Å². The van der Waals surface area contributed by atoms with Crippen molar-refractivity contribution in [3.63, 3.8) is 0 Å². The zero-order chi connectivity index (χ0) is 20.9. The van der Waals surface area contributed by atoms with Crippen LogP contribution in [0.15, 0.2) is 83.0 Å². The van der Waals surface area contributed by atoms with E-state index in [-0.39, 0.29) is 44.3 Å². The van der Waals surface area contributed by atoms with E-state index in [2.05, 4.69) is 21.1 Å². The van der Waals surface area contributed by atoms with Crippen LogP contribution in [-0.4, -0.2) is 28.5 Å². The number of rotatable bonds is 4. The summed E-state index contributed by atoms with van der Waals surface area (Å²) in [5, 5.41) is 36.0. The molecule has 0 bridgehead atoms. The first-order valence-corrected chi connectivity index (χ1v) is 9.53. The van der Waals surface area contributed by atoms with Gasteiger partial charge in [0.25, 0.3) is 0 Å². The Labute approximate surface area is 205 Å². The molecule has 0 fully saturated rings. The van der Waals surface area contributed by atoms with Crippen LogP contribution >= 0.6 is 12.2 Å². The Kier molecular flexibility index (Phi) is 10.4. The van der Waals surface area contributed by atoms with Gasteiger partial charge >= 0.3 is 16.8 Å². The van der Waals surface area contributed by atoms with Crippen LogP contribution in [0.25, 0.3) is 21.5 Å². The molecule has 4 aromatic rings. The first-order chi connectivity index (χ1) is 14.6. The maximum absolute atomic E-state index is 12.1. The van der Waals surface area contributed by atoms with E-state index in [0.717, 1.165) is 21.5 Å². The Bertz CT molecular complexity index is 1220. The van der Waals surface area contributed by atoms with Gasteiger partial charge in [0.05, 0.1) is 12.4 Å². The number of hydrogen-bond acceptors (Lipinski definition) is 5. The molecule has 171 valence electrons. The van der Waals surface area contributed by atoms with Crippen molar-refractivity contribution in [2.24, 2.45) is 10.2 Å². The SMILES string of the molecule is O.O.[Co+2].[O-]c1cc2ccccc2cc1/C=N/NC(=S)N/N=C/c1cc2ccccc2cc1[O-]. The van der Waals surface area contributed by atoms with Crippen molar-refractivity contribution in [1.82, 2.24) is 10.9 Å². The number of hydrazone groups is 2. The van der Waals surface area contributed by atoms with E-state index in [1.807, 2.05) is 48.5 Å². The van der Waals surface area contributed by atoms with Crippen LogP contribution < -0.4 is 21.1 Å². The Morgan fingerprint density at radius 2 is 1.00 bits per heavy atom. The van der Waals surface area contributed by atoms with Gasteiger partial charge in [0.1, 0.15) is 0 Å². The summed E-state index contributed by atoms with van der Waals surface area (Å²) in [5.74, 6) is -0.258. The Balaban J connectivity index is 0.00000181. The number of nitrogens with one attached hydrogen (secondary N) is 2. The van der Waals surface area contributed by atoms with E-state index in [1.54, 1.807) is 24.3 Å². The molecule has 0 aliphatic heterocycles. The van der Waals surface area contributed by atoms with Gasteiger partial charge < -0.3 is 21.2 Å². The standard InChI is InChI=1S/C23H18N4O2S.Co.2H2O/c28-21-11-17-7-3-1-5-15(17)9-19(21)13-24-26-23(30)27-25-14-20-10-16-6-2-4-8-18(16)12-22(20)29;;;/h1-14,28-29H,(H2,26,27,30);;2*1H2/q;+2;;/p-2/b24-13+,25-14+;;;. The molecule has 0 aliphatic carbocycles. The first kappa shape index (κ1) is 27.5. The fraction of sp³-hybridized carbons (Fsp3) is 0. The van der Waals surface area contributed by atoms with Gasteiger partial charge in [0, 0.05) is 0 Å². The van der Waals surface area contributed by atoms with Crippen molar-refractivity contribution in [2.75, 3.05) is 0 Å². The molecule has 1 radical (unpaired) electrons. The molecule has 0 aliphatic rings. The molecule has 0 saturated heterocycles. The second kappa shape index (κ2) is 12.5. The van der Waals surface area contributed by atoms with E-state index in [0.29, 0.717) is 11.1 Å². The molecule has 0 heterocycles. The molecule has 0 spiro atoms. The molecule has 10 heteroatoms. The predicted octanol–water partition coefficient (Wildman–Crippen LogP) is 1.32. The van der Waals surface area contributed by atoms with Crippen LogP contribution in [0.4, 0.5) is 0 Å². The summed E-state index contributed by atoms with van der Waals surface area (Å²) in [6, 6.07) is 21.9. The Hall–Kier alpha value is -3.54. The van der Waals surface area contributed by atoms with E-state index >= 15 is 0 Å². The molecular weight excluding hydrogens is 487 g/mol. The van der Waals surface area contributed by atoms with Crippen LogP contribution in [-0.2, 0) is 16.8 Å². The average Bonchev–Trinajstić information content (AvgIpc) is 2.74. The van der Waals surface area contributed by atoms with Gasteiger partial charge in [-0.05, 0) is 57.0 Å². The Morgan fingerprint density at radius 3 is 1.36 bits per heavy atom. The number of benzene rings is 4. The van der Waals surface area contributed by atoms with Gasteiger partial charge in [-0.2, -0.15) is 10.2 Å². The summed E-state index contributed by atoms with van der Waals surface area (Å²) in [6.45, 7) is 0. The molecule has 4 aromatic carbocycles. The maximum Gasteiger partial charge on any atom is 2.00 e. The van der Waals surface area contributed by atoms with E-state index in [9.17, 15) is 10.2 Å². The quantitative estimate of drug-likeness (QED) is 0.242. The van der Waals surface area contributed by atoms with Crippen molar-refractivity contribution >= 4 is 51.3 Å². The van der Waals surface area contributed by atoms with Gasteiger partial charge in [0.2, 0.25) is 5.11 Å². The minimum absolute atomic E-state index is 0. The molecular formula is C23H20CoN4O4S. The number of fused-ring (bicyclic) bond motifs is 2. The minimum atomic E-state index is -0.129. The van der Waals surface area contributed by atoms with Crippen LogP contribution in [0.3, 0.4) is 0 Å². The molecule has 8 nitrogen and oxygen atoms in total. The molecule has 0 amide bonds. The van der Waals surface area contributed by atoms with E-state index < -0.39 is 0 Å². The summed E-state index contributed by atoms with van der Waals surface area (Å²) in [7, 11) is 0. The zero-order valence-electron chi connectivity index (χ0n) is 17.0. The van der Waals surface area contributed by atoms with Crippen molar-refractivity contribution in [1.29, 1.82) is 0 Å². The van der Waals surface area contributed by atoms with Crippen molar-refractivity contribution in [2.45, 2.75) is 0 Å². The molecule has 4 rings (SSSR count). The molecule has 0 atom stereocenters. The molecule has 0 aromatic heterocycles. The summed E-state index contributed by atoms with van der Waals surface area (Å²) in [6.07, 6.45) is 2.82. The third-order valence-corrected chi connectivity index (χ3v) is 4.68. The maximum atomic E-state index is 12.1. The van der Waals surface area contributed by atoms with Crippen molar-refractivity contribution in [3.05, 3.63) is 83.9 Å². The summed E-state index contributed by atoms with van der Waals surface area (Å²) < 4.78 is 0. The molecule has 33 heavy (non-hydrogen) atoms. The molecule has 0 unspecified atom stereocenters. The van der Waals surface area contributed by atoms with Gasteiger partial charge in [-0.3, -0.25) is 10.9 Å². The summed E-state index contributed by atoms with van der Waals surface area (Å²) in [5.41, 5.74) is 6.08. The van der Waals surface area contributed by atoms with Gasteiger partial charge in [0.15, 0.2) is 0 Å². The fourth-order valence-corrected chi connectivity index (χ4v) is 3.13. The van der Waals surface area contributed by atoms with Crippen molar-refractivity contribution in [3.8, 4) is 11.5 Å². The third kappa shape index (κ3) is 6.72. The van der Waals surface area contributed by atoms with Crippen molar-refractivity contribution < 1.29 is 37.9 Å². The minimum Gasteiger partial charge on any atom is -0.872 e. The molecule has 0 saturated carbocycles. The Morgan fingerprint density at radius 1 is 0.667 bits per heavy atom. The smallest absolute Gasteiger partial charge is 0.872 e. The summed E-state index contributed by atoms with van der Waals surface area (Å²) >= 11 is 5.10. The normalized spacial score (nSPS) is 10.4. The largest absolute Gasteiger partial charge is 2.00 e. The second-order valence-electron chi connectivity index (χ2n) is 6.54. The van der Waals surface area contributed by atoms with E-state index in [4.69, 9.17) is 12.2 Å². The van der Waals surface area contributed by atoms with Gasteiger partial charge in [-0.25, -0.2) is 0 Å². The van der Waals surface area contributed by atoms with Crippen LogP contribution in [0.1, 0.15) is 11.1 Å². The van der Waals surface area contributed by atoms with Crippen LogP contribution in [0.5, 0.6) is 11.5 Å². The van der Waals surface area contributed by atoms with E-state index in [1.165, 1.54) is 12.4 Å². The number of thiocarbonyl (C=S) groups is 1. The zero-order valence-corrected chi connectivity index (χ0v) is 18.9. The topological polar surface area (TPSA) is 158 Å². The predicted molar refractivity (Wildman–Crippen MR) is 128 cm³/mol.